The Morgan fingerprint density at radius 3 is 2.54 bits per heavy atom. The van der Waals surface area contributed by atoms with Gasteiger partial charge in [-0.05, 0) is 49.6 Å². The van der Waals surface area contributed by atoms with Gasteiger partial charge in [-0.1, -0.05) is 24.2 Å². The molecule has 0 unspecified atom stereocenters. The molecule has 1 aliphatic rings. The fraction of sp³-hybridized carbons (Fsp3) is 0.435. The molecule has 1 aromatic carbocycles. The van der Waals surface area contributed by atoms with Crippen molar-refractivity contribution in [1.82, 2.24) is 20.1 Å². The Bertz CT molecular complexity index is 1200. The maximum Gasteiger partial charge on any atom is 0.375 e. The summed E-state index contributed by atoms with van der Waals surface area (Å²) in [6.45, 7) is 6.83. The number of piperidine rings is 1. The lowest BCUT2D eigenvalue weighted by Crippen LogP contribution is -2.34. The Morgan fingerprint density at radius 1 is 1.23 bits per heavy atom. The van der Waals surface area contributed by atoms with E-state index in [9.17, 15) is 10.1 Å². The molecular weight excluding hydrogens is 454 g/mol. The summed E-state index contributed by atoms with van der Waals surface area (Å²) < 4.78 is 10.6. The molecule has 3 heterocycles. The summed E-state index contributed by atoms with van der Waals surface area (Å²) in [6.07, 6.45) is 2.65. The van der Waals surface area contributed by atoms with E-state index in [4.69, 9.17) is 14.1 Å². The fourth-order valence-electron chi connectivity index (χ4n) is 3.79. The largest absolute Gasteiger partial charge is 0.497 e. The second kappa shape index (κ2) is 10.5. The zero-order chi connectivity index (χ0) is 24.9. The number of rotatable bonds is 8. The van der Waals surface area contributed by atoms with E-state index >= 15 is 0 Å². The lowest BCUT2D eigenvalue weighted by Gasteiger charge is -2.30. The summed E-state index contributed by atoms with van der Waals surface area (Å²) >= 11 is 0. The van der Waals surface area contributed by atoms with E-state index in [1.807, 2.05) is 30.9 Å². The predicted octanol–water partition coefficient (Wildman–Crippen LogP) is 4.09. The van der Waals surface area contributed by atoms with Crippen molar-refractivity contribution in [1.29, 1.82) is 0 Å². The van der Waals surface area contributed by atoms with Crippen LogP contribution < -0.4 is 14.5 Å². The minimum Gasteiger partial charge on any atom is -0.497 e. The zero-order valence-electron chi connectivity index (χ0n) is 20.0. The Hall–Kier alpha value is -4.09. The summed E-state index contributed by atoms with van der Waals surface area (Å²) in [5, 5.41) is 20.0. The van der Waals surface area contributed by atoms with Gasteiger partial charge in [0.2, 0.25) is 11.7 Å². The molecule has 2 aromatic heterocycles. The number of nitrogens with zero attached hydrogens (tertiary/aromatic N) is 7. The smallest absolute Gasteiger partial charge is 0.375 e. The van der Waals surface area contributed by atoms with E-state index in [1.165, 1.54) is 6.33 Å². The first-order chi connectivity index (χ1) is 16.9. The highest BCUT2D eigenvalue weighted by atomic mass is 16.7. The van der Waals surface area contributed by atoms with Crippen molar-refractivity contribution in [2.24, 2.45) is 5.16 Å². The van der Waals surface area contributed by atoms with E-state index in [2.05, 4.69) is 25.3 Å². The van der Waals surface area contributed by atoms with Gasteiger partial charge in [0.05, 0.1) is 17.7 Å². The fourth-order valence-corrected chi connectivity index (χ4v) is 3.79. The second-order valence-electron chi connectivity index (χ2n) is 8.51. The zero-order valence-corrected chi connectivity index (χ0v) is 20.0. The first kappa shape index (κ1) is 24.0. The van der Waals surface area contributed by atoms with Gasteiger partial charge in [-0.3, -0.25) is 10.1 Å². The lowest BCUT2D eigenvalue weighted by molar-refractivity contribution is -0.385. The van der Waals surface area contributed by atoms with Gasteiger partial charge in [0, 0.05) is 24.9 Å². The lowest BCUT2D eigenvalue weighted by atomic mass is 9.96. The molecule has 4 rings (SSSR count). The summed E-state index contributed by atoms with van der Waals surface area (Å²) in [5.74, 6) is 2.27. The normalized spacial score (nSPS) is 14.9. The van der Waals surface area contributed by atoms with Crippen molar-refractivity contribution < 1.29 is 19.0 Å². The van der Waals surface area contributed by atoms with Crippen LogP contribution in [0.5, 0.6) is 11.6 Å². The van der Waals surface area contributed by atoms with Crippen LogP contribution in [0.15, 0.2) is 40.3 Å². The number of nitro groups is 1. The van der Waals surface area contributed by atoms with Gasteiger partial charge in [-0.15, -0.1) is 0 Å². The van der Waals surface area contributed by atoms with Crippen molar-refractivity contribution >= 4 is 17.2 Å². The van der Waals surface area contributed by atoms with E-state index in [0.29, 0.717) is 49.1 Å². The van der Waals surface area contributed by atoms with Crippen molar-refractivity contribution in [3.63, 3.8) is 0 Å². The standard InChI is InChI=1S/C23H27N7O5/c1-14(2)20-26-22(34-28-20)17-9-11-29(12-10-17)21-19(30(31)32)23(25-13-24-21)35-27-15(3)16-5-7-18(33-4)8-6-16/h5-8,13-14,17H,9-12H2,1-4H3. The predicted molar refractivity (Wildman–Crippen MR) is 127 cm³/mol. The van der Waals surface area contributed by atoms with Crippen molar-refractivity contribution in [2.45, 2.75) is 45.4 Å². The number of oxime groups is 1. The minimum absolute atomic E-state index is 0.0969. The molecule has 0 aliphatic carbocycles. The molecule has 12 heteroatoms. The molecule has 184 valence electrons. The van der Waals surface area contributed by atoms with Crippen LogP contribution in [0.1, 0.15) is 62.7 Å². The third-order valence-corrected chi connectivity index (χ3v) is 5.85. The molecule has 12 nitrogen and oxygen atoms in total. The van der Waals surface area contributed by atoms with Crippen molar-refractivity contribution in [3.05, 3.63) is 58.0 Å². The Labute approximate surface area is 202 Å². The second-order valence-corrected chi connectivity index (χ2v) is 8.51. The quantitative estimate of drug-likeness (QED) is 0.262. The summed E-state index contributed by atoms with van der Waals surface area (Å²) in [5.41, 5.74) is 0.992. The molecule has 0 amide bonds. The van der Waals surface area contributed by atoms with E-state index in [-0.39, 0.29) is 29.2 Å². The molecule has 0 saturated carbocycles. The number of methoxy groups -OCH3 is 1. The average Bonchev–Trinajstić information content (AvgIpc) is 3.38. The molecule has 3 aromatic rings. The summed E-state index contributed by atoms with van der Waals surface area (Å²) in [6, 6.07) is 7.22. The number of benzene rings is 1. The maximum absolute atomic E-state index is 11.9. The van der Waals surface area contributed by atoms with Crippen LogP contribution in [0.25, 0.3) is 0 Å². The Kier molecular flexibility index (Phi) is 7.18. The molecule has 1 fully saturated rings. The number of aromatic nitrogens is 4. The van der Waals surface area contributed by atoms with Crippen LogP contribution in [0, 0.1) is 10.1 Å². The van der Waals surface area contributed by atoms with Crippen LogP contribution in [-0.4, -0.2) is 50.9 Å². The SMILES string of the molecule is COc1ccc(C(C)=NOc2ncnc(N3CCC(c4nc(C(C)C)no4)CC3)c2[N+](=O)[O-])cc1. The number of hydrogen-bond donors (Lipinski definition) is 0. The molecular formula is C23H27N7O5. The van der Waals surface area contributed by atoms with Crippen molar-refractivity contribution in [2.75, 3.05) is 25.1 Å². The molecule has 0 atom stereocenters. The van der Waals surface area contributed by atoms with Gasteiger partial charge in [-0.2, -0.15) is 9.97 Å². The van der Waals surface area contributed by atoms with Crippen molar-refractivity contribution in [3.8, 4) is 11.6 Å². The van der Waals surface area contributed by atoms with Crippen LogP contribution in [0.2, 0.25) is 0 Å². The first-order valence-electron chi connectivity index (χ1n) is 11.3. The van der Waals surface area contributed by atoms with Gasteiger partial charge >= 0.3 is 11.6 Å². The van der Waals surface area contributed by atoms with Gasteiger partial charge in [0.1, 0.15) is 12.1 Å². The van der Waals surface area contributed by atoms with Crippen LogP contribution in [-0.2, 0) is 0 Å². The average molecular weight is 482 g/mol. The third kappa shape index (κ3) is 5.36. The van der Waals surface area contributed by atoms with Gasteiger partial charge < -0.3 is 19.0 Å². The minimum atomic E-state index is -0.540. The Morgan fingerprint density at radius 2 is 1.94 bits per heavy atom. The number of hydrogen-bond acceptors (Lipinski definition) is 11. The summed E-state index contributed by atoms with van der Waals surface area (Å²) in [4.78, 5) is 31.3. The van der Waals surface area contributed by atoms with E-state index < -0.39 is 4.92 Å². The molecule has 0 N–H and O–H groups in total. The molecule has 0 spiro atoms. The molecule has 35 heavy (non-hydrogen) atoms. The van der Waals surface area contributed by atoms with Crippen LogP contribution in [0.3, 0.4) is 0 Å². The summed E-state index contributed by atoms with van der Waals surface area (Å²) in [7, 11) is 1.58. The molecule has 0 bridgehead atoms. The Balaban J connectivity index is 1.49. The van der Waals surface area contributed by atoms with Crippen LogP contribution in [0.4, 0.5) is 11.5 Å². The highest BCUT2D eigenvalue weighted by Crippen LogP contribution is 2.37. The highest BCUT2D eigenvalue weighted by molar-refractivity contribution is 5.98. The van der Waals surface area contributed by atoms with Gasteiger partial charge in [0.25, 0.3) is 0 Å². The monoisotopic (exact) mass is 481 g/mol. The number of anilines is 1. The van der Waals surface area contributed by atoms with Gasteiger partial charge in [-0.25, -0.2) is 4.98 Å². The highest BCUT2D eigenvalue weighted by Gasteiger charge is 2.33. The molecule has 1 saturated heterocycles. The maximum atomic E-state index is 11.9. The molecule has 1 aliphatic heterocycles. The van der Waals surface area contributed by atoms with Gasteiger partial charge in [0.15, 0.2) is 5.82 Å². The van der Waals surface area contributed by atoms with Crippen LogP contribution >= 0.6 is 0 Å². The number of ether oxygens (including phenoxy) is 1. The van der Waals surface area contributed by atoms with E-state index in [1.54, 1.807) is 26.2 Å². The third-order valence-electron chi connectivity index (χ3n) is 5.85. The topological polar surface area (TPSA) is 142 Å². The van der Waals surface area contributed by atoms with E-state index in [0.717, 1.165) is 5.56 Å². The molecule has 0 radical (unpaired) electrons. The first-order valence-corrected chi connectivity index (χ1v) is 11.3.